The van der Waals surface area contributed by atoms with Crippen LogP contribution >= 0.6 is 0 Å². The molecule has 19 heavy (non-hydrogen) atoms. The second-order valence-corrected chi connectivity index (χ2v) is 5.10. The lowest BCUT2D eigenvalue weighted by Crippen LogP contribution is -2.39. The average Bonchev–Trinajstić information content (AvgIpc) is 2.64. The van der Waals surface area contributed by atoms with Crippen molar-refractivity contribution < 1.29 is 9.53 Å². The van der Waals surface area contributed by atoms with E-state index in [9.17, 15) is 4.79 Å². The number of ether oxygens (including phenoxy) is 1. The van der Waals surface area contributed by atoms with Crippen LogP contribution in [0.15, 0.2) is 41.9 Å². The molecule has 4 heteroatoms. The molecule has 1 amide bonds. The maximum atomic E-state index is 12.6. The Labute approximate surface area is 112 Å². The molecule has 0 aliphatic carbocycles. The lowest BCUT2D eigenvalue weighted by molar-refractivity contribution is -0.122. The van der Waals surface area contributed by atoms with Crippen molar-refractivity contribution in [3.05, 3.63) is 36.9 Å². The van der Waals surface area contributed by atoms with Gasteiger partial charge in [0.2, 0.25) is 11.8 Å². The molecule has 1 fully saturated rings. The number of para-hydroxylation sites is 2. The predicted molar refractivity (Wildman–Crippen MR) is 74.6 cm³/mol. The molecule has 98 valence electrons. The highest BCUT2D eigenvalue weighted by molar-refractivity contribution is 6.15. The monoisotopic (exact) mass is 256 g/mol. The minimum atomic E-state index is -0.708. The van der Waals surface area contributed by atoms with Gasteiger partial charge in [-0.1, -0.05) is 18.2 Å². The molecule has 4 nitrogen and oxygen atoms in total. The second kappa shape index (κ2) is 4.23. The summed E-state index contributed by atoms with van der Waals surface area (Å²) in [5.74, 6) is 0.461. The van der Waals surface area contributed by atoms with E-state index in [-0.39, 0.29) is 12.0 Å². The van der Waals surface area contributed by atoms with Crippen molar-refractivity contribution in [2.45, 2.75) is 25.9 Å². The van der Waals surface area contributed by atoms with Crippen LogP contribution in [0.5, 0.6) is 0 Å². The predicted octanol–water partition coefficient (Wildman–Crippen LogP) is 3.04. The fraction of sp³-hybridized carbons (Fsp3) is 0.333. The van der Waals surface area contributed by atoms with E-state index in [1.165, 1.54) is 0 Å². The van der Waals surface area contributed by atoms with Crippen molar-refractivity contribution >= 4 is 23.2 Å². The Bertz CT molecular complexity index is 579. The maximum Gasteiger partial charge on any atom is 0.240 e. The zero-order chi connectivity index (χ0) is 13.5. The zero-order valence-electron chi connectivity index (χ0n) is 10.8. The van der Waals surface area contributed by atoms with Crippen LogP contribution in [0.1, 0.15) is 19.8 Å². The topological polar surface area (TPSA) is 50.7 Å². The fourth-order valence-electron chi connectivity index (χ4n) is 2.78. The summed E-state index contributed by atoms with van der Waals surface area (Å²) in [5.41, 5.74) is 0.764. The van der Waals surface area contributed by atoms with E-state index in [4.69, 9.17) is 4.74 Å². The molecule has 2 atom stereocenters. The molecule has 0 radical (unpaired) electrons. The third-order valence-electron chi connectivity index (χ3n) is 3.66. The van der Waals surface area contributed by atoms with Gasteiger partial charge in [0.15, 0.2) is 0 Å². The number of anilines is 1. The highest BCUT2D eigenvalue weighted by Gasteiger charge is 2.52. The van der Waals surface area contributed by atoms with Crippen LogP contribution in [0.3, 0.4) is 0 Å². The van der Waals surface area contributed by atoms with Gasteiger partial charge in [-0.05, 0) is 25.5 Å². The molecular formula is C15H16N2O2. The average molecular weight is 256 g/mol. The summed E-state index contributed by atoms with van der Waals surface area (Å²) in [7, 11) is 0. The molecule has 1 saturated heterocycles. The van der Waals surface area contributed by atoms with Gasteiger partial charge >= 0.3 is 0 Å². The lowest BCUT2D eigenvalue weighted by Gasteiger charge is -2.22. The van der Waals surface area contributed by atoms with Gasteiger partial charge in [-0.15, -0.1) is 6.58 Å². The second-order valence-electron chi connectivity index (χ2n) is 5.10. The number of hydrogen-bond donors (Lipinski definition) is 1. The van der Waals surface area contributed by atoms with E-state index in [2.05, 4.69) is 16.9 Å². The first-order valence-corrected chi connectivity index (χ1v) is 6.43. The van der Waals surface area contributed by atoms with E-state index in [0.29, 0.717) is 18.7 Å². The number of nitrogens with zero attached hydrogens (tertiary/aromatic N) is 1. The Balaban J connectivity index is 2.15. The summed E-state index contributed by atoms with van der Waals surface area (Å²) in [4.78, 5) is 17.2. The van der Waals surface area contributed by atoms with Gasteiger partial charge in [-0.2, -0.15) is 0 Å². The van der Waals surface area contributed by atoms with Gasteiger partial charge in [-0.25, -0.2) is 4.99 Å². The summed E-state index contributed by atoms with van der Waals surface area (Å²) in [6, 6.07) is 7.50. The molecule has 1 aromatic carbocycles. The highest BCUT2D eigenvalue weighted by atomic mass is 16.5. The summed E-state index contributed by atoms with van der Waals surface area (Å²) in [5, 5.41) is 2.96. The number of rotatable bonds is 2. The maximum absolute atomic E-state index is 12.6. The Morgan fingerprint density at radius 1 is 1.58 bits per heavy atom. The van der Waals surface area contributed by atoms with Crippen LogP contribution in [0, 0.1) is 5.41 Å². The quantitative estimate of drug-likeness (QED) is 0.827. The third-order valence-corrected chi connectivity index (χ3v) is 3.66. The molecule has 0 unspecified atom stereocenters. The first-order chi connectivity index (χ1) is 9.15. The Morgan fingerprint density at radius 2 is 2.37 bits per heavy atom. The van der Waals surface area contributed by atoms with Crippen LogP contribution in [0.2, 0.25) is 0 Å². The number of nitrogens with one attached hydrogen (secondary N) is 1. The molecule has 1 N–H and O–H groups in total. The number of carbonyl (C=O) groups excluding carboxylic acids is 1. The van der Waals surface area contributed by atoms with Crippen LogP contribution in [0.4, 0.5) is 11.4 Å². The largest absolute Gasteiger partial charge is 0.477 e. The molecule has 0 aromatic heterocycles. The van der Waals surface area contributed by atoms with E-state index in [0.717, 1.165) is 11.4 Å². The van der Waals surface area contributed by atoms with Crippen LogP contribution in [0.25, 0.3) is 0 Å². The standard InChI is InChI=1S/C15H16N2O2/c1-3-8-15-9-10(2)19-14(15)17-12-7-5-4-6-11(12)16-13(15)18/h3-7,10H,1,8-9H2,2H3,(H,16,18)/t10-,15-/m1/s1. The van der Waals surface area contributed by atoms with Crippen molar-refractivity contribution in [2.75, 3.05) is 5.32 Å². The molecule has 2 aliphatic rings. The van der Waals surface area contributed by atoms with Crippen molar-refractivity contribution in [2.24, 2.45) is 10.4 Å². The van der Waals surface area contributed by atoms with Crippen LogP contribution in [-0.2, 0) is 9.53 Å². The fourth-order valence-corrected chi connectivity index (χ4v) is 2.78. The number of benzene rings is 1. The first-order valence-electron chi connectivity index (χ1n) is 6.43. The van der Waals surface area contributed by atoms with Crippen molar-refractivity contribution in [1.29, 1.82) is 0 Å². The van der Waals surface area contributed by atoms with Gasteiger partial charge in [0, 0.05) is 6.42 Å². The summed E-state index contributed by atoms with van der Waals surface area (Å²) in [6.45, 7) is 5.72. The molecule has 3 rings (SSSR count). The van der Waals surface area contributed by atoms with E-state index in [1.54, 1.807) is 6.08 Å². The summed E-state index contributed by atoms with van der Waals surface area (Å²) in [6.07, 6.45) is 2.93. The Kier molecular flexibility index (Phi) is 2.66. The number of allylic oxidation sites excluding steroid dienone is 1. The Morgan fingerprint density at radius 3 is 3.16 bits per heavy atom. The van der Waals surface area contributed by atoms with Crippen LogP contribution in [-0.4, -0.2) is 17.9 Å². The Hall–Kier alpha value is -2.10. The van der Waals surface area contributed by atoms with Gasteiger partial charge in [0.25, 0.3) is 0 Å². The number of fused-ring (bicyclic) bond motifs is 2. The van der Waals surface area contributed by atoms with E-state index >= 15 is 0 Å². The molecule has 0 saturated carbocycles. The number of amides is 1. The normalized spacial score (nSPS) is 28.4. The zero-order valence-corrected chi connectivity index (χ0v) is 10.8. The van der Waals surface area contributed by atoms with Crippen molar-refractivity contribution in [1.82, 2.24) is 0 Å². The summed E-state index contributed by atoms with van der Waals surface area (Å²) >= 11 is 0. The molecule has 0 bridgehead atoms. The lowest BCUT2D eigenvalue weighted by atomic mass is 9.80. The number of aliphatic imine (C=N–C) groups is 1. The third kappa shape index (κ3) is 1.75. The highest BCUT2D eigenvalue weighted by Crippen LogP contribution is 2.44. The molecule has 2 aliphatic heterocycles. The van der Waals surface area contributed by atoms with E-state index in [1.807, 2.05) is 31.2 Å². The number of hydrogen-bond acceptors (Lipinski definition) is 3. The van der Waals surface area contributed by atoms with Crippen molar-refractivity contribution in [3.63, 3.8) is 0 Å². The van der Waals surface area contributed by atoms with E-state index < -0.39 is 5.41 Å². The first kappa shape index (κ1) is 12.0. The van der Waals surface area contributed by atoms with Gasteiger partial charge < -0.3 is 10.1 Å². The molecule has 1 aromatic rings. The molecule has 2 heterocycles. The van der Waals surface area contributed by atoms with Gasteiger partial charge in [-0.3, -0.25) is 4.79 Å². The minimum Gasteiger partial charge on any atom is -0.477 e. The smallest absolute Gasteiger partial charge is 0.240 e. The van der Waals surface area contributed by atoms with Crippen LogP contribution < -0.4 is 5.32 Å². The van der Waals surface area contributed by atoms with Gasteiger partial charge in [0.1, 0.15) is 5.41 Å². The SMILES string of the molecule is C=CC[C@]12C[C@@H](C)OC1=Nc1ccccc1NC2=O. The molecular weight excluding hydrogens is 240 g/mol. The minimum absolute atomic E-state index is 0.00490. The molecule has 0 spiro atoms. The van der Waals surface area contributed by atoms with Crippen molar-refractivity contribution in [3.8, 4) is 0 Å². The summed E-state index contributed by atoms with van der Waals surface area (Å²) < 4.78 is 5.77. The number of carbonyl (C=O) groups is 1. The van der Waals surface area contributed by atoms with Gasteiger partial charge in [0.05, 0.1) is 17.5 Å².